The van der Waals surface area contributed by atoms with Gasteiger partial charge in [0.15, 0.2) is 5.75 Å². The standard InChI is InChI=1S/C22H16Br2FNO5/c23-17-7-13(9-20(28)29)8-18(24)21(17)31-15-4-5-19(27)16(10-15)22(30)26-11-12-2-1-3-14(25)6-12/h1-8,10,27H,9,11H2,(H,26,30)(H,28,29). The molecule has 0 spiro atoms. The minimum atomic E-state index is -0.958. The number of hydrogen-bond donors (Lipinski definition) is 3. The van der Waals surface area contributed by atoms with Crippen LogP contribution in [0.2, 0.25) is 0 Å². The summed E-state index contributed by atoms with van der Waals surface area (Å²) in [5.74, 6) is -1.50. The van der Waals surface area contributed by atoms with Gasteiger partial charge >= 0.3 is 5.97 Å². The fourth-order valence-corrected chi connectivity index (χ4v) is 4.23. The smallest absolute Gasteiger partial charge is 0.307 e. The molecule has 3 N–H and O–H groups in total. The third kappa shape index (κ3) is 6.05. The summed E-state index contributed by atoms with van der Waals surface area (Å²) in [6.07, 6.45) is -0.147. The Balaban J connectivity index is 1.78. The van der Waals surface area contributed by atoms with Gasteiger partial charge in [-0.05, 0) is 85.5 Å². The van der Waals surface area contributed by atoms with E-state index in [9.17, 15) is 19.1 Å². The monoisotopic (exact) mass is 551 g/mol. The van der Waals surface area contributed by atoms with Crippen LogP contribution in [0.25, 0.3) is 0 Å². The first-order valence-corrected chi connectivity index (χ1v) is 10.5. The minimum Gasteiger partial charge on any atom is -0.507 e. The third-order valence-corrected chi connectivity index (χ3v) is 5.37. The van der Waals surface area contributed by atoms with E-state index in [1.54, 1.807) is 24.3 Å². The Morgan fingerprint density at radius 1 is 1.00 bits per heavy atom. The first kappa shape index (κ1) is 22.8. The van der Waals surface area contributed by atoms with Crippen LogP contribution in [0.3, 0.4) is 0 Å². The molecule has 0 aromatic heterocycles. The van der Waals surface area contributed by atoms with Gasteiger partial charge in [-0.15, -0.1) is 0 Å². The van der Waals surface area contributed by atoms with Gasteiger partial charge in [-0.2, -0.15) is 0 Å². The summed E-state index contributed by atoms with van der Waals surface area (Å²) >= 11 is 6.71. The summed E-state index contributed by atoms with van der Waals surface area (Å²) in [5.41, 5.74) is 1.14. The zero-order chi connectivity index (χ0) is 22.5. The molecule has 3 aromatic carbocycles. The lowest BCUT2D eigenvalue weighted by atomic mass is 10.1. The number of carboxylic acids is 1. The SMILES string of the molecule is O=C(O)Cc1cc(Br)c(Oc2ccc(O)c(C(=O)NCc3cccc(F)c3)c2)c(Br)c1. The van der Waals surface area contributed by atoms with Crippen LogP contribution in [0.5, 0.6) is 17.2 Å². The highest BCUT2D eigenvalue weighted by molar-refractivity contribution is 9.11. The number of halogens is 3. The molecule has 0 bridgehead atoms. The van der Waals surface area contributed by atoms with Crippen molar-refractivity contribution in [3.63, 3.8) is 0 Å². The summed E-state index contributed by atoms with van der Waals surface area (Å²) in [5, 5.41) is 21.7. The first-order chi connectivity index (χ1) is 14.7. The molecule has 31 heavy (non-hydrogen) atoms. The molecule has 0 saturated heterocycles. The summed E-state index contributed by atoms with van der Waals surface area (Å²) < 4.78 is 20.2. The van der Waals surface area contributed by atoms with E-state index in [0.29, 0.717) is 25.8 Å². The molecule has 3 aromatic rings. The lowest BCUT2D eigenvalue weighted by Gasteiger charge is -2.13. The molecule has 0 fully saturated rings. The van der Waals surface area contributed by atoms with Crippen LogP contribution in [0, 0.1) is 5.82 Å². The van der Waals surface area contributed by atoms with Crippen molar-refractivity contribution in [3.8, 4) is 17.2 Å². The third-order valence-electron chi connectivity index (χ3n) is 4.19. The van der Waals surface area contributed by atoms with Crippen molar-refractivity contribution >= 4 is 43.7 Å². The molecule has 0 radical (unpaired) electrons. The number of amides is 1. The minimum absolute atomic E-state index is 0.0105. The Morgan fingerprint density at radius 2 is 1.71 bits per heavy atom. The van der Waals surface area contributed by atoms with Crippen LogP contribution in [0.15, 0.2) is 63.5 Å². The molecule has 3 rings (SSSR count). The number of carbonyl (C=O) groups excluding carboxylic acids is 1. The van der Waals surface area contributed by atoms with Crippen LogP contribution in [-0.2, 0) is 17.8 Å². The molecule has 1 amide bonds. The molecular weight excluding hydrogens is 537 g/mol. The van der Waals surface area contributed by atoms with Crippen molar-refractivity contribution < 1.29 is 28.9 Å². The van der Waals surface area contributed by atoms with E-state index in [2.05, 4.69) is 37.2 Å². The van der Waals surface area contributed by atoms with Crippen LogP contribution < -0.4 is 10.1 Å². The molecule has 0 aliphatic rings. The molecule has 9 heteroatoms. The zero-order valence-corrected chi connectivity index (χ0v) is 19.0. The van der Waals surface area contributed by atoms with Gasteiger partial charge in [-0.25, -0.2) is 4.39 Å². The largest absolute Gasteiger partial charge is 0.507 e. The Bertz CT molecular complexity index is 1130. The number of hydrogen-bond acceptors (Lipinski definition) is 4. The molecule has 160 valence electrons. The van der Waals surface area contributed by atoms with Crippen LogP contribution in [0.4, 0.5) is 4.39 Å². The summed E-state index contributed by atoms with van der Waals surface area (Å²) in [4.78, 5) is 23.4. The van der Waals surface area contributed by atoms with Crippen molar-refractivity contribution in [1.29, 1.82) is 0 Å². The Kier molecular flexibility index (Phi) is 7.29. The molecule has 0 unspecified atom stereocenters. The maximum absolute atomic E-state index is 13.3. The van der Waals surface area contributed by atoms with Gasteiger partial charge in [0, 0.05) is 6.54 Å². The van der Waals surface area contributed by atoms with E-state index in [-0.39, 0.29) is 30.0 Å². The van der Waals surface area contributed by atoms with Crippen LogP contribution in [-0.4, -0.2) is 22.1 Å². The highest BCUT2D eigenvalue weighted by atomic mass is 79.9. The van der Waals surface area contributed by atoms with Crippen LogP contribution >= 0.6 is 31.9 Å². The number of ether oxygens (including phenoxy) is 1. The molecule has 0 aliphatic heterocycles. The van der Waals surface area contributed by atoms with E-state index < -0.39 is 17.7 Å². The first-order valence-electron chi connectivity index (χ1n) is 8.96. The fourth-order valence-electron chi connectivity index (χ4n) is 2.79. The molecule has 0 atom stereocenters. The number of phenolic OH excluding ortho intramolecular Hbond substituents is 1. The average molecular weight is 553 g/mol. The van der Waals surface area contributed by atoms with Gasteiger partial charge in [0.2, 0.25) is 0 Å². The lowest BCUT2D eigenvalue weighted by molar-refractivity contribution is -0.136. The lowest BCUT2D eigenvalue weighted by Crippen LogP contribution is -2.23. The molecule has 0 heterocycles. The van der Waals surface area contributed by atoms with E-state index in [0.717, 1.165) is 0 Å². The number of benzene rings is 3. The number of rotatable bonds is 7. The Morgan fingerprint density at radius 3 is 2.35 bits per heavy atom. The number of carboxylic acid groups (broad SMARTS) is 1. The van der Waals surface area contributed by atoms with Gasteiger partial charge in [0.1, 0.15) is 17.3 Å². The second-order valence-electron chi connectivity index (χ2n) is 6.55. The normalized spacial score (nSPS) is 10.5. The quantitative estimate of drug-likeness (QED) is 0.364. The van der Waals surface area contributed by atoms with Crippen molar-refractivity contribution in [2.75, 3.05) is 0 Å². The van der Waals surface area contributed by atoms with E-state index in [1.807, 2.05) is 0 Å². The Labute approximate surface area is 193 Å². The Hall–Kier alpha value is -2.91. The van der Waals surface area contributed by atoms with Crippen molar-refractivity contribution in [2.24, 2.45) is 0 Å². The van der Waals surface area contributed by atoms with Crippen molar-refractivity contribution in [1.82, 2.24) is 5.32 Å². The predicted octanol–water partition coefficient (Wildman–Crippen LogP) is 5.41. The highest BCUT2D eigenvalue weighted by Gasteiger charge is 2.16. The highest BCUT2D eigenvalue weighted by Crippen LogP contribution is 2.38. The van der Waals surface area contributed by atoms with Gasteiger partial charge < -0.3 is 20.3 Å². The number of phenols is 1. The summed E-state index contributed by atoms with van der Waals surface area (Å²) in [6.45, 7) is 0.0866. The van der Waals surface area contributed by atoms with Crippen molar-refractivity contribution in [2.45, 2.75) is 13.0 Å². The molecule has 0 aliphatic carbocycles. The van der Waals surface area contributed by atoms with E-state index in [4.69, 9.17) is 9.84 Å². The van der Waals surface area contributed by atoms with Gasteiger partial charge in [0.25, 0.3) is 5.91 Å². The summed E-state index contributed by atoms with van der Waals surface area (Å²) in [7, 11) is 0. The van der Waals surface area contributed by atoms with Gasteiger partial charge in [-0.1, -0.05) is 12.1 Å². The fraction of sp³-hybridized carbons (Fsp3) is 0.0909. The maximum atomic E-state index is 13.3. The second kappa shape index (κ2) is 9.93. The molecule has 6 nitrogen and oxygen atoms in total. The number of nitrogens with one attached hydrogen (secondary N) is 1. The average Bonchev–Trinajstić information content (AvgIpc) is 2.69. The molecular formula is C22H16Br2FNO5. The van der Waals surface area contributed by atoms with E-state index in [1.165, 1.54) is 30.3 Å². The van der Waals surface area contributed by atoms with Crippen molar-refractivity contribution in [3.05, 3.63) is 86.1 Å². The number of carbonyl (C=O) groups is 2. The van der Waals surface area contributed by atoms with E-state index >= 15 is 0 Å². The van der Waals surface area contributed by atoms with Crippen LogP contribution in [0.1, 0.15) is 21.5 Å². The summed E-state index contributed by atoms with van der Waals surface area (Å²) in [6, 6.07) is 13.3. The van der Waals surface area contributed by atoms with Gasteiger partial charge in [0.05, 0.1) is 20.9 Å². The predicted molar refractivity (Wildman–Crippen MR) is 119 cm³/mol. The van der Waals surface area contributed by atoms with Gasteiger partial charge in [-0.3, -0.25) is 9.59 Å². The topological polar surface area (TPSA) is 95.9 Å². The number of aromatic hydroxyl groups is 1. The molecule has 0 saturated carbocycles. The number of aliphatic carboxylic acids is 1. The zero-order valence-electron chi connectivity index (χ0n) is 15.9. The maximum Gasteiger partial charge on any atom is 0.307 e. The second-order valence-corrected chi connectivity index (χ2v) is 8.26.